The molecule has 22 heteroatoms. The van der Waals surface area contributed by atoms with Crippen molar-refractivity contribution < 1.29 is 62.1 Å². The van der Waals surface area contributed by atoms with Crippen LogP contribution in [0.15, 0.2) is 79.6 Å². The van der Waals surface area contributed by atoms with Gasteiger partial charge in [-0.15, -0.1) is 11.8 Å². The van der Waals surface area contributed by atoms with E-state index in [4.69, 9.17) is 22.7 Å². The highest BCUT2D eigenvalue weighted by Crippen LogP contribution is 2.57. The minimum atomic E-state index is -3.88. The molecule has 1 aromatic heterocycles. The quantitative estimate of drug-likeness (QED) is 0.0293. The van der Waals surface area contributed by atoms with E-state index in [9.17, 15) is 53.8 Å². The van der Waals surface area contributed by atoms with Crippen LogP contribution in [0.5, 0.6) is 5.75 Å². The van der Waals surface area contributed by atoms with E-state index in [1.165, 1.54) is 67.2 Å². The van der Waals surface area contributed by atoms with Gasteiger partial charge in [0.25, 0.3) is 5.56 Å². The maximum Gasteiger partial charge on any atom is 0.572 e. The largest absolute Gasteiger partial charge is 0.572 e. The van der Waals surface area contributed by atoms with Gasteiger partial charge in [0.2, 0.25) is 17.7 Å². The van der Waals surface area contributed by atoms with E-state index in [0.717, 1.165) is 4.57 Å². The maximum atomic E-state index is 13.1. The number of likely N-dealkylation sites (tertiary alicyclic amines) is 1. The maximum absolute atomic E-state index is 13.1. The lowest BCUT2D eigenvalue weighted by Crippen LogP contribution is -2.33. The Kier molecular flexibility index (Phi) is 14.6. The molecule has 4 heterocycles. The van der Waals surface area contributed by atoms with Gasteiger partial charge in [0, 0.05) is 77.7 Å². The Bertz CT molecular complexity index is 2780. The normalized spacial score (nSPS) is 19.6. The number of benzene rings is 3. The number of thioether (sulfide) groups is 1. The number of hydrogen-bond donors (Lipinski definition) is 6. The monoisotopic (exact) mass is 937 g/mol. The fraction of sp³-hybridized carbons (Fsp3) is 0.372. The van der Waals surface area contributed by atoms with Gasteiger partial charge in [-0.1, -0.05) is 12.5 Å². The van der Waals surface area contributed by atoms with Gasteiger partial charge in [-0.3, -0.25) is 38.4 Å². The Labute approximate surface area is 374 Å². The van der Waals surface area contributed by atoms with Gasteiger partial charge in [0.05, 0.1) is 24.0 Å². The number of phenolic OH excluding ortho intramolecular Hbond substituents is 1. The van der Waals surface area contributed by atoms with Crippen LogP contribution in [0.1, 0.15) is 60.7 Å². The van der Waals surface area contributed by atoms with Gasteiger partial charge in [0.15, 0.2) is 5.43 Å². The number of carboxylic acids is 1. The third kappa shape index (κ3) is 10.9. The number of aromatic amines is 1. The highest BCUT2D eigenvalue weighted by molar-refractivity contribution is 8.00. The third-order valence-corrected chi connectivity index (χ3v) is 13.5. The molecule has 0 bridgehead atoms. The molecule has 2 fully saturated rings. The number of unbranched alkanes of at least 4 members (excludes halogenated alkanes) is 2. The number of ether oxygens (including phenoxy) is 1. The number of aliphatic hydroxyl groups excluding tert-OH is 1. The summed E-state index contributed by atoms with van der Waals surface area (Å²) in [6, 6.07) is 13.1. The number of carbonyl (C=O) groups is 4. The van der Waals surface area contributed by atoms with E-state index in [-0.39, 0.29) is 102 Å². The zero-order chi connectivity index (χ0) is 46.6. The van der Waals surface area contributed by atoms with Crippen LogP contribution in [0, 0.1) is 6.92 Å². The molecule has 4 aliphatic rings. The summed E-state index contributed by atoms with van der Waals surface area (Å²) in [6.07, 6.45) is -0.107. The van der Waals surface area contributed by atoms with E-state index in [0.29, 0.717) is 41.3 Å². The molecule has 65 heavy (non-hydrogen) atoms. The molecule has 3 aliphatic heterocycles. The summed E-state index contributed by atoms with van der Waals surface area (Å²) < 4.78 is 28.8. The number of carboxylic acid groups (broad SMARTS) is 1. The molecule has 2 aromatic carbocycles. The van der Waals surface area contributed by atoms with Crippen LogP contribution in [-0.2, 0) is 32.7 Å². The summed E-state index contributed by atoms with van der Waals surface area (Å²) in [5.74, 6) is -1.99. The predicted octanol–water partition coefficient (Wildman–Crippen LogP) is 4.18. The van der Waals surface area contributed by atoms with Gasteiger partial charge in [-0.25, -0.2) is 9.59 Å². The van der Waals surface area contributed by atoms with E-state index in [1.807, 2.05) is 0 Å². The molecule has 3 amide bonds. The summed E-state index contributed by atoms with van der Waals surface area (Å²) in [6.45, 7) is 1.23. The molecule has 5 unspecified atom stereocenters. The lowest BCUT2D eigenvalue weighted by Gasteiger charge is -2.18. The van der Waals surface area contributed by atoms with E-state index < -0.39 is 49.1 Å². The van der Waals surface area contributed by atoms with E-state index >= 15 is 0 Å². The first-order valence-electron chi connectivity index (χ1n) is 20.5. The number of aryl methyl sites for hydroxylation is 1. The van der Waals surface area contributed by atoms with Gasteiger partial charge in [-0.2, -0.15) is 18.5 Å². The van der Waals surface area contributed by atoms with Crippen LogP contribution in [0.25, 0.3) is 33.4 Å². The average molecular weight is 938 g/mol. The van der Waals surface area contributed by atoms with Crippen molar-refractivity contribution in [3.05, 3.63) is 103 Å². The minimum Gasteiger partial charge on any atom is -0.508 e. The van der Waals surface area contributed by atoms with Crippen LogP contribution >= 0.6 is 19.9 Å². The molecule has 20 nitrogen and oxygen atoms in total. The van der Waals surface area contributed by atoms with E-state index in [2.05, 4.69) is 10.3 Å². The molecular formula is C43H46N4O16PS+. The Morgan fingerprint density at radius 3 is 2.55 bits per heavy atom. The molecule has 5 atom stereocenters. The molecule has 1 aliphatic carbocycles. The average Bonchev–Trinajstić information content (AvgIpc) is 3.77. The van der Waals surface area contributed by atoms with Crippen molar-refractivity contribution in [2.24, 2.45) is 0 Å². The van der Waals surface area contributed by atoms with Gasteiger partial charge < -0.3 is 29.8 Å². The first-order chi connectivity index (χ1) is 31.0. The number of aliphatic hydroxyl groups is 1. The van der Waals surface area contributed by atoms with Crippen molar-refractivity contribution >= 4 is 60.3 Å². The molecule has 0 radical (unpaired) electrons. The second-order valence-electron chi connectivity index (χ2n) is 15.4. The topological polar surface area (TPSA) is 286 Å². The Morgan fingerprint density at radius 2 is 1.78 bits per heavy atom. The van der Waals surface area contributed by atoms with E-state index in [1.54, 1.807) is 24.3 Å². The SMILES string of the molecule is CO[P+](O)(OCCSC1CC(=O)N(CCCCCC(=O)Nc2ccc(-c3c4ccc(=O)cc-4oc4cc(O)ccc34)c(C(=O)O)c2)C1=O)OCC1OC(n2cc(C)c(=O)[nH]c2=O)CC1O. The number of fused-ring (bicyclic) bond motifs is 2. The lowest BCUT2D eigenvalue weighted by molar-refractivity contribution is -0.138. The number of nitrogens with zero attached hydrogens (tertiary/aromatic N) is 2. The standard InChI is InChI=1S/C43H45N4O16PS/c1-23-21-47(43(57)45-40(23)53)38-19-31(50)34(63-38)22-61-64(58,59-2)60-14-15-65-35-20-37(52)46(41(35)54)13-5-3-4-6-36(51)44-24-7-10-27(30(16-24)42(55)56)39-28-11-8-25(48)17-32(28)62-33-18-26(49)9-12-29(33)39/h7-12,16-18,21,31,34-35,38,50,58H,3-6,13-15,19-20,22H2,1-2H3,(H3-,44,45,48,49,51,53,55,56,57)/p+1. The number of hydrogen-bond acceptors (Lipinski definition) is 16. The summed E-state index contributed by atoms with van der Waals surface area (Å²) in [5.41, 5.74) is 0.360. The van der Waals surface area contributed by atoms with Crippen LogP contribution in [0.2, 0.25) is 0 Å². The lowest BCUT2D eigenvalue weighted by atomic mass is 9.90. The fourth-order valence-corrected chi connectivity index (χ4v) is 9.69. The molecule has 0 saturated carbocycles. The van der Waals surface area contributed by atoms with Gasteiger partial charge in [0.1, 0.15) is 42.6 Å². The minimum absolute atomic E-state index is 0.0179. The van der Waals surface area contributed by atoms with Crippen molar-refractivity contribution in [1.82, 2.24) is 14.5 Å². The molecular weight excluding hydrogens is 892 g/mol. The highest BCUT2D eigenvalue weighted by atomic mass is 32.2. The van der Waals surface area contributed by atoms with Gasteiger partial charge >= 0.3 is 19.8 Å². The smallest absolute Gasteiger partial charge is 0.508 e. The molecule has 7 rings (SSSR count). The second-order valence-corrected chi connectivity index (χ2v) is 18.5. The first kappa shape index (κ1) is 47.2. The Balaban J connectivity index is 0.840. The summed E-state index contributed by atoms with van der Waals surface area (Å²) in [5, 5.41) is 33.4. The summed E-state index contributed by atoms with van der Waals surface area (Å²) >= 11 is 1.17. The molecule has 344 valence electrons. The highest BCUT2D eigenvalue weighted by Gasteiger charge is 2.47. The second kappa shape index (κ2) is 20.2. The van der Waals surface area contributed by atoms with Crippen LogP contribution < -0.4 is 22.0 Å². The molecule has 3 aromatic rings. The summed E-state index contributed by atoms with van der Waals surface area (Å²) in [4.78, 5) is 102. The number of aromatic carboxylic acids is 1. The van der Waals surface area contributed by atoms with Crippen LogP contribution in [-0.4, -0.2) is 108 Å². The van der Waals surface area contributed by atoms with Crippen molar-refractivity contribution in [2.45, 2.75) is 69.1 Å². The number of phenols is 1. The Morgan fingerprint density at radius 1 is 1.00 bits per heavy atom. The number of anilines is 1. The number of rotatable bonds is 19. The summed E-state index contributed by atoms with van der Waals surface area (Å²) in [7, 11) is -2.71. The molecule has 2 saturated heterocycles. The number of nitrogens with one attached hydrogen (secondary N) is 2. The number of imide groups is 1. The number of carbonyl (C=O) groups excluding carboxylic acids is 3. The van der Waals surface area contributed by atoms with Crippen molar-refractivity contribution in [1.29, 1.82) is 0 Å². The number of H-pyrrole nitrogens is 1. The zero-order valence-electron chi connectivity index (χ0n) is 35.1. The molecule has 6 N–H and O–H groups in total. The Hall–Kier alpha value is -5.77. The zero-order valence-corrected chi connectivity index (χ0v) is 36.8. The number of aromatic nitrogens is 2. The first-order valence-corrected chi connectivity index (χ1v) is 23.0. The number of aromatic hydroxyl groups is 1. The van der Waals surface area contributed by atoms with Crippen molar-refractivity contribution in [2.75, 3.05) is 37.9 Å². The molecule has 0 spiro atoms. The number of amides is 3. The fourth-order valence-electron chi connectivity index (χ4n) is 7.63. The third-order valence-electron chi connectivity index (χ3n) is 10.9. The van der Waals surface area contributed by atoms with Crippen molar-refractivity contribution in [3.63, 3.8) is 0 Å². The van der Waals surface area contributed by atoms with Crippen LogP contribution in [0.3, 0.4) is 0 Å². The van der Waals surface area contributed by atoms with Crippen molar-refractivity contribution in [3.8, 4) is 28.2 Å². The van der Waals surface area contributed by atoms with Crippen LogP contribution in [0.4, 0.5) is 5.69 Å². The predicted molar refractivity (Wildman–Crippen MR) is 236 cm³/mol. The van der Waals surface area contributed by atoms with Gasteiger partial charge in [-0.05, 0) is 61.7 Å².